The Kier molecular flexibility index (Phi) is 9.01. The highest BCUT2D eigenvalue weighted by atomic mass is 15.1. The van der Waals surface area contributed by atoms with E-state index < -0.39 is 0 Å². The van der Waals surface area contributed by atoms with Gasteiger partial charge >= 0.3 is 0 Å². The molecule has 6 heteroatoms. The Morgan fingerprint density at radius 3 is 0.750 bits per heavy atom. The number of para-hydroxylation sites is 4. The lowest BCUT2D eigenvalue weighted by molar-refractivity contribution is 0.590. The van der Waals surface area contributed by atoms with E-state index in [0.29, 0.717) is 0 Å². The minimum absolute atomic E-state index is 0.0635. The smallest absolute Gasteiger partial charge is 0.148 e. The Labute approximate surface area is 417 Å². The number of hydrogen-bond donors (Lipinski definition) is 0. The lowest BCUT2D eigenvalue weighted by Gasteiger charge is -2.19. The number of rotatable bonds is 5. The Morgan fingerprint density at radius 2 is 0.500 bits per heavy atom. The van der Waals surface area contributed by atoms with Gasteiger partial charge in [-0.2, -0.15) is 0 Å². The topological polar surface area (TPSA) is 45.5 Å². The average Bonchev–Trinajstić information content (AvgIpc) is 4.12. The summed E-state index contributed by atoms with van der Waals surface area (Å²) in [6.07, 6.45) is 0. The van der Waals surface area contributed by atoms with E-state index in [4.69, 9.17) is 9.97 Å². The minimum atomic E-state index is 0.0635. The van der Waals surface area contributed by atoms with Gasteiger partial charge in [0, 0.05) is 65.8 Å². The summed E-state index contributed by atoms with van der Waals surface area (Å²) in [5, 5.41) is 9.34. The Hall–Kier alpha value is -8.74. The summed E-state index contributed by atoms with van der Waals surface area (Å²) in [6.45, 7) is 13.6. The van der Waals surface area contributed by atoms with E-state index in [1.54, 1.807) is 0 Å². The SMILES string of the molecule is CC(C)(C)c1ccc(-n2c3ccccc3c3cc4c5ccccc5n(-c5ccc(-c6ccc(-n7c8ccccc8c8cc9c%10ccccc%10n(-c%10ccc(C(C)(C)C)cc%10)c9nc87)cc6)cc5)c4nc32)cc1. The van der Waals surface area contributed by atoms with Crippen LogP contribution >= 0.6 is 0 Å². The van der Waals surface area contributed by atoms with E-state index in [-0.39, 0.29) is 10.8 Å². The quantitative estimate of drug-likeness (QED) is 0.173. The summed E-state index contributed by atoms with van der Waals surface area (Å²) in [6, 6.07) is 75.4. The second kappa shape index (κ2) is 15.4. The van der Waals surface area contributed by atoms with Gasteiger partial charge < -0.3 is 0 Å². The van der Waals surface area contributed by atoms with Crippen molar-refractivity contribution in [1.82, 2.24) is 28.2 Å². The molecule has 0 radical (unpaired) electrons. The highest BCUT2D eigenvalue weighted by molar-refractivity contribution is 6.18. The van der Waals surface area contributed by atoms with Crippen LogP contribution in [-0.2, 0) is 10.8 Å². The fourth-order valence-electron chi connectivity index (χ4n) is 11.4. The predicted molar refractivity (Wildman–Crippen MR) is 302 cm³/mol. The van der Waals surface area contributed by atoms with Crippen LogP contribution in [0.25, 0.3) is 122 Å². The molecule has 6 nitrogen and oxygen atoms in total. The van der Waals surface area contributed by atoms with E-state index >= 15 is 0 Å². The zero-order valence-electron chi connectivity index (χ0n) is 41.3. The van der Waals surface area contributed by atoms with Gasteiger partial charge in [0.05, 0.1) is 22.1 Å². The van der Waals surface area contributed by atoms with E-state index in [9.17, 15) is 0 Å². The van der Waals surface area contributed by atoms with Crippen molar-refractivity contribution in [1.29, 1.82) is 0 Å². The molecule has 0 atom stereocenters. The second-order valence-corrected chi connectivity index (χ2v) is 21.6. The number of hydrogen-bond acceptors (Lipinski definition) is 2. The van der Waals surface area contributed by atoms with E-state index in [2.05, 4.69) is 266 Å². The van der Waals surface area contributed by atoms with Crippen LogP contribution in [0.1, 0.15) is 52.7 Å². The third-order valence-electron chi connectivity index (χ3n) is 15.1. The Balaban J connectivity index is 0.869. The maximum absolute atomic E-state index is 5.61. The van der Waals surface area contributed by atoms with Gasteiger partial charge in [0.15, 0.2) is 0 Å². The largest absolute Gasteiger partial charge is 0.294 e. The summed E-state index contributed by atoms with van der Waals surface area (Å²) in [5.74, 6) is 0. The van der Waals surface area contributed by atoms with Crippen molar-refractivity contribution in [3.05, 3.63) is 217 Å². The molecule has 8 aromatic carbocycles. The van der Waals surface area contributed by atoms with Crippen LogP contribution in [0.15, 0.2) is 206 Å². The lowest BCUT2D eigenvalue weighted by atomic mass is 9.87. The van der Waals surface area contributed by atoms with Gasteiger partial charge in [0.25, 0.3) is 0 Å². The maximum atomic E-state index is 5.61. The molecule has 346 valence electrons. The van der Waals surface area contributed by atoms with Crippen LogP contribution in [-0.4, -0.2) is 28.2 Å². The fourth-order valence-corrected chi connectivity index (χ4v) is 11.4. The van der Waals surface area contributed by atoms with Crippen molar-refractivity contribution in [2.45, 2.75) is 52.4 Å². The zero-order valence-corrected chi connectivity index (χ0v) is 41.3. The van der Waals surface area contributed by atoms with Crippen LogP contribution < -0.4 is 0 Å². The molecule has 0 fully saturated rings. The molecule has 6 heterocycles. The summed E-state index contributed by atoms with van der Waals surface area (Å²) >= 11 is 0. The highest BCUT2D eigenvalue weighted by Gasteiger charge is 2.23. The van der Waals surface area contributed by atoms with Gasteiger partial charge in [-0.1, -0.05) is 163 Å². The third kappa shape index (κ3) is 6.34. The van der Waals surface area contributed by atoms with Crippen molar-refractivity contribution in [3.8, 4) is 33.9 Å². The first-order valence-electron chi connectivity index (χ1n) is 25.1. The number of aromatic nitrogens is 6. The van der Waals surface area contributed by atoms with E-state index in [1.807, 2.05) is 0 Å². The summed E-state index contributed by atoms with van der Waals surface area (Å²) in [7, 11) is 0. The molecule has 0 unspecified atom stereocenters. The molecule has 6 aromatic heterocycles. The minimum Gasteiger partial charge on any atom is -0.294 e. The highest BCUT2D eigenvalue weighted by Crippen LogP contribution is 2.41. The summed E-state index contributed by atoms with van der Waals surface area (Å²) in [4.78, 5) is 11.2. The van der Waals surface area contributed by atoms with E-state index in [0.717, 1.165) is 100 Å². The first-order chi connectivity index (χ1) is 35.0. The van der Waals surface area contributed by atoms with Crippen molar-refractivity contribution in [2.24, 2.45) is 0 Å². The third-order valence-corrected chi connectivity index (χ3v) is 15.1. The molecule has 0 aliphatic heterocycles. The van der Waals surface area contributed by atoms with Gasteiger partial charge in [-0.25, -0.2) is 9.97 Å². The standard InChI is InChI=1S/C66H52N6/c1-65(2,3)43-27-35-47(36-28-43)71-59-21-13-9-17-51(59)55-39-53-49-15-7-11-19-57(49)69(61(53)67-63(55)71)45-31-23-41(24-32-45)42-25-33-46(34-26-42)70-58-20-12-8-16-50(58)54-40-56-52-18-10-14-22-60(52)72(64(56)68-62(54)70)48-37-29-44(30-38-48)66(4,5)6/h7-40H,1-6H3. The molecule has 0 aliphatic rings. The van der Waals surface area contributed by atoms with Gasteiger partial charge in [0.2, 0.25) is 0 Å². The average molecular weight is 929 g/mol. The molecule has 0 saturated carbocycles. The molecular formula is C66H52N6. The molecule has 72 heavy (non-hydrogen) atoms. The molecule has 14 rings (SSSR count). The van der Waals surface area contributed by atoms with Gasteiger partial charge in [-0.05, 0) is 118 Å². The first-order valence-corrected chi connectivity index (χ1v) is 25.1. The van der Waals surface area contributed by atoms with Crippen molar-refractivity contribution in [2.75, 3.05) is 0 Å². The van der Waals surface area contributed by atoms with Crippen molar-refractivity contribution >= 4 is 87.7 Å². The second-order valence-electron chi connectivity index (χ2n) is 21.6. The van der Waals surface area contributed by atoms with Crippen molar-refractivity contribution < 1.29 is 0 Å². The lowest BCUT2D eigenvalue weighted by Crippen LogP contribution is -2.10. The van der Waals surface area contributed by atoms with Crippen LogP contribution in [0.2, 0.25) is 0 Å². The van der Waals surface area contributed by atoms with Crippen LogP contribution in [0.4, 0.5) is 0 Å². The number of pyridine rings is 2. The first kappa shape index (κ1) is 42.2. The fraction of sp³-hybridized carbons (Fsp3) is 0.121. The number of benzene rings is 8. The van der Waals surface area contributed by atoms with Gasteiger partial charge in [-0.15, -0.1) is 0 Å². The predicted octanol–water partition coefficient (Wildman–Crippen LogP) is 17.1. The molecule has 0 N–H and O–H groups in total. The van der Waals surface area contributed by atoms with E-state index in [1.165, 1.54) is 32.7 Å². The van der Waals surface area contributed by atoms with Crippen LogP contribution in [0.3, 0.4) is 0 Å². The van der Waals surface area contributed by atoms with Gasteiger partial charge in [-0.3, -0.25) is 18.3 Å². The maximum Gasteiger partial charge on any atom is 0.148 e. The zero-order chi connectivity index (χ0) is 48.6. The molecular weight excluding hydrogens is 877 g/mol. The van der Waals surface area contributed by atoms with Crippen LogP contribution in [0, 0.1) is 0 Å². The van der Waals surface area contributed by atoms with Crippen LogP contribution in [0.5, 0.6) is 0 Å². The molecule has 0 amide bonds. The Morgan fingerprint density at radius 1 is 0.264 bits per heavy atom. The molecule has 0 aliphatic carbocycles. The summed E-state index contributed by atoms with van der Waals surface area (Å²) < 4.78 is 9.31. The molecule has 0 spiro atoms. The van der Waals surface area contributed by atoms with Gasteiger partial charge in [0.1, 0.15) is 22.6 Å². The molecule has 14 aromatic rings. The van der Waals surface area contributed by atoms with Crippen molar-refractivity contribution in [3.63, 3.8) is 0 Å². The molecule has 0 bridgehead atoms. The normalized spacial score (nSPS) is 12.6. The monoisotopic (exact) mass is 928 g/mol. The molecule has 0 saturated heterocycles. The number of fused-ring (bicyclic) bond motifs is 12. The number of nitrogens with zero attached hydrogens (tertiary/aromatic N) is 6. The Bertz CT molecular complexity index is 4180. The summed E-state index contributed by atoms with van der Waals surface area (Å²) in [5.41, 5.74) is 17.7.